The van der Waals surface area contributed by atoms with Gasteiger partial charge < -0.3 is 5.32 Å². The number of nitro benzene ring substituents is 1. The van der Waals surface area contributed by atoms with Crippen LogP contribution in [0.1, 0.15) is 13.3 Å². The molecule has 0 bridgehead atoms. The van der Waals surface area contributed by atoms with Crippen LogP contribution in [-0.2, 0) is 10.0 Å². The van der Waals surface area contributed by atoms with Crippen molar-refractivity contribution in [2.75, 3.05) is 19.6 Å². The summed E-state index contributed by atoms with van der Waals surface area (Å²) in [7, 11) is -4.12. The molecule has 120 valence electrons. The number of hydrogen-bond acceptors (Lipinski definition) is 5. The Morgan fingerprint density at radius 3 is 2.52 bits per heavy atom. The number of nitrogens with one attached hydrogen (secondary N) is 2. The Bertz CT molecular complexity index is 583. The smallest absolute Gasteiger partial charge is 0.315 e. The van der Waals surface area contributed by atoms with Crippen LogP contribution in [0.25, 0.3) is 0 Å². The van der Waals surface area contributed by atoms with E-state index in [2.05, 4.69) is 10.0 Å². The van der Waals surface area contributed by atoms with Crippen LogP contribution in [0.5, 0.6) is 0 Å². The van der Waals surface area contributed by atoms with Crippen molar-refractivity contribution in [1.29, 1.82) is 0 Å². The van der Waals surface area contributed by atoms with Crippen LogP contribution in [0.4, 0.5) is 10.1 Å². The number of rotatable bonds is 8. The van der Waals surface area contributed by atoms with Crippen LogP contribution >= 0.6 is 12.4 Å². The van der Waals surface area contributed by atoms with Gasteiger partial charge in [0.05, 0.1) is 4.92 Å². The van der Waals surface area contributed by atoms with E-state index in [1.165, 1.54) is 0 Å². The maximum absolute atomic E-state index is 13.4. The first-order chi connectivity index (χ1) is 9.40. The third kappa shape index (κ3) is 5.54. The highest BCUT2D eigenvalue weighted by atomic mass is 35.5. The summed E-state index contributed by atoms with van der Waals surface area (Å²) in [5.41, 5.74) is -1.04. The van der Waals surface area contributed by atoms with Crippen LogP contribution in [-0.4, -0.2) is 33.0 Å². The molecular formula is C11H17ClFN3O4S. The quantitative estimate of drug-likeness (QED) is 0.423. The first-order valence-electron chi connectivity index (χ1n) is 6.03. The second-order valence-corrected chi connectivity index (χ2v) is 5.73. The molecule has 0 aliphatic rings. The van der Waals surface area contributed by atoms with Crippen molar-refractivity contribution in [2.45, 2.75) is 18.2 Å². The van der Waals surface area contributed by atoms with Gasteiger partial charge >= 0.3 is 5.69 Å². The monoisotopic (exact) mass is 341 g/mol. The lowest BCUT2D eigenvalue weighted by molar-refractivity contribution is -0.390. The third-order valence-electron chi connectivity index (χ3n) is 2.44. The van der Waals surface area contributed by atoms with E-state index >= 15 is 0 Å². The van der Waals surface area contributed by atoms with Crippen molar-refractivity contribution in [1.82, 2.24) is 10.0 Å². The van der Waals surface area contributed by atoms with Crippen molar-refractivity contribution in [3.05, 3.63) is 34.1 Å². The fraction of sp³-hybridized carbons (Fsp3) is 0.455. The molecule has 0 aliphatic carbocycles. The molecule has 2 N–H and O–H groups in total. The zero-order chi connectivity index (χ0) is 15.2. The molecule has 0 radical (unpaired) electrons. The summed E-state index contributed by atoms with van der Waals surface area (Å²) >= 11 is 0. The Morgan fingerprint density at radius 2 is 1.95 bits per heavy atom. The second-order valence-electron chi connectivity index (χ2n) is 3.99. The van der Waals surface area contributed by atoms with Gasteiger partial charge in [0, 0.05) is 13.1 Å². The van der Waals surface area contributed by atoms with E-state index in [1.807, 2.05) is 6.92 Å². The summed E-state index contributed by atoms with van der Waals surface area (Å²) in [6.45, 7) is 3.15. The zero-order valence-electron chi connectivity index (χ0n) is 11.3. The van der Waals surface area contributed by atoms with Crippen LogP contribution in [0, 0.1) is 15.9 Å². The van der Waals surface area contributed by atoms with Crippen molar-refractivity contribution in [3.8, 4) is 0 Å². The second kappa shape index (κ2) is 8.88. The van der Waals surface area contributed by atoms with E-state index in [9.17, 15) is 22.9 Å². The predicted molar refractivity (Wildman–Crippen MR) is 78.7 cm³/mol. The Labute approximate surface area is 128 Å². The molecule has 0 saturated carbocycles. The van der Waals surface area contributed by atoms with Gasteiger partial charge in [0.25, 0.3) is 0 Å². The molecule has 0 atom stereocenters. The van der Waals surface area contributed by atoms with Crippen molar-refractivity contribution < 1.29 is 17.7 Å². The molecule has 1 rings (SSSR count). The minimum Gasteiger partial charge on any atom is -0.315 e. The van der Waals surface area contributed by atoms with Gasteiger partial charge in [0.1, 0.15) is 0 Å². The number of nitro groups is 1. The van der Waals surface area contributed by atoms with Crippen molar-refractivity contribution in [2.24, 2.45) is 0 Å². The molecule has 0 unspecified atom stereocenters. The summed E-state index contributed by atoms with van der Waals surface area (Å²) in [4.78, 5) is 9.05. The van der Waals surface area contributed by atoms with E-state index in [4.69, 9.17) is 0 Å². The number of para-hydroxylation sites is 1. The Kier molecular flexibility index (Phi) is 8.33. The fourth-order valence-corrected chi connectivity index (χ4v) is 2.75. The third-order valence-corrected chi connectivity index (χ3v) is 3.94. The number of nitrogens with zero attached hydrogens (tertiary/aromatic N) is 1. The predicted octanol–water partition coefficient (Wildman–Crippen LogP) is 1.43. The lowest BCUT2D eigenvalue weighted by Gasteiger charge is -2.08. The number of benzene rings is 1. The summed E-state index contributed by atoms with van der Waals surface area (Å²) in [5, 5.41) is 13.7. The highest BCUT2D eigenvalue weighted by molar-refractivity contribution is 7.89. The largest absolute Gasteiger partial charge is 0.324 e. The minimum absolute atomic E-state index is 0. The maximum Gasteiger partial charge on any atom is 0.324 e. The number of sulfonamides is 1. The van der Waals surface area contributed by atoms with E-state index in [1.54, 1.807) is 0 Å². The number of halogens is 2. The van der Waals surface area contributed by atoms with Gasteiger partial charge in [-0.1, -0.05) is 13.0 Å². The van der Waals surface area contributed by atoms with Crippen LogP contribution in [0.15, 0.2) is 23.1 Å². The molecule has 0 amide bonds. The van der Waals surface area contributed by atoms with Gasteiger partial charge in [0.2, 0.25) is 15.8 Å². The topological polar surface area (TPSA) is 101 Å². The molecule has 0 spiro atoms. The van der Waals surface area contributed by atoms with Gasteiger partial charge in [-0.15, -0.1) is 12.4 Å². The molecule has 0 saturated heterocycles. The highest BCUT2D eigenvalue weighted by Crippen LogP contribution is 2.26. The molecule has 0 heterocycles. The Morgan fingerprint density at radius 1 is 1.29 bits per heavy atom. The molecule has 0 fully saturated rings. The molecule has 1 aromatic rings. The SMILES string of the molecule is CCCNCCNS(=O)(=O)c1cccc(F)c1[N+](=O)[O-].Cl. The first-order valence-corrected chi connectivity index (χ1v) is 7.51. The van der Waals surface area contributed by atoms with Gasteiger partial charge in [-0.2, -0.15) is 4.39 Å². The van der Waals surface area contributed by atoms with Crippen LogP contribution < -0.4 is 10.0 Å². The standard InChI is InChI=1S/C11H16FN3O4S.ClH/c1-2-6-13-7-8-14-20(18,19)10-5-3-4-9(12)11(10)15(16)17;/h3-5,13-14H,2,6-8H2,1H3;1H. The lowest BCUT2D eigenvalue weighted by Crippen LogP contribution is -2.32. The Balaban J connectivity index is 0.00000400. The van der Waals surface area contributed by atoms with Crippen molar-refractivity contribution >= 4 is 28.1 Å². The molecular weight excluding hydrogens is 325 g/mol. The highest BCUT2D eigenvalue weighted by Gasteiger charge is 2.28. The molecule has 1 aromatic carbocycles. The van der Waals surface area contributed by atoms with E-state index in [-0.39, 0.29) is 19.0 Å². The lowest BCUT2D eigenvalue weighted by atomic mass is 10.3. The Hall–Kier alpha value is -1.29. The minimum atomic E-state index is -4.12. The summed E-state index contributed by atoms with van der Waals surface area (Å²) in [6, 6.07) is 2.97. The van der Waals surface area contributed by atoms with E-state index in [0.717, 1.165) is 31.2 Å². The first kappa shape index (κ1) is 19.7. The van der Waals surface area contributed by atoms with Crippen LogP contribution in [0.3, 0.4) is 0 Å². The fourth-order valence-electron chi connectivity index (χ4n) is 1.54. The van der Waals surface area contributed by atoms with E-state index in [0.29, 0.717) is 6.54 Å². The normalized spacial score (nSPS) is 11.0. The number of hydrogen-bond donors (Lipinski definition) is 2. The van der Waals surface area contributed by atoms with Gasteiger partial charge in [-0.3, -0.25) is 10.1 Å². The van der Waals surface area contributed by atoms with Crippen LogP contribution in [0.2, 0.25) is 0 Å². The average molecular weight is 342 g/mol. The summed E-state index contributed by atoms with van der Waals surface area (Å²) in [5.74, 6) is -1.18. The molecule has 0 aliphatic heterocycles. The summed E-state index contributed by atoms with van der Waals surface area (Å²) < 4.78 is 39.4. The maximum atomic E-state index is 13.4. The van der Waals surface area contributed by atoms with E-state index < -0.39 is 31.3 Å². The molecule has 7 nitrogen and oxygen atoms in total. The average Bonchev–Trinajstić information content (AvgIpc) is 2.37. The van der Waals surface area contributed by atoms with Gasteiger partial charge in [-0.25, -0.2) is 13.1 Å². The van der Waals surface area contributed by atoms with Gasteiger partial charge in [-0.05, 0) is 25.1 Å². The zero-order valence-corrected chi connectivity index (χ0v) is 13.0. The molecule has 21 heavy (non-hydrogen) atoms. The molecule has 0 aromatic heterocycles. The van der Waals surface area contributed by atoms with Crippen molar-refractivity contribution in [3.63, 3.8) is 0 Å². The summed E-state index contributed by atoms with van der Waals surface area (Å²) in [6.07, 6.45) is 0.905. The van der Waals surface area contributed by atoms with Gasteiger partial charge in [0.15, 0.2) is 4.90 Å². The molecule has 10 heteroatoms.